The Balaban J connectivity index is 1.55. The van der Waals surface area contributed by atoms with Gasteiger partial charge in [-0.3, -0.25) is 10.1 Å². The number of nitrogens with zero attached hydrogens (tertiary/aromatic N) is 3. The fraction of sp³-hybridized carbons (Fsp3) is 0.238. The van der Waals surface area contributed by atoms with Gasteiger partial charge in [0.25, 0.3) is 0 Å². The number of benzene rings is 2. The highest BCUT2D eigenvalue weighted by atomic mass is 16.5. The predicted octanol–water partition coefficient (Wildman–Crippen LogP) is 3.31. The molecule has 4 rings (SSSR count). The number of rotatable bonds is 4. The first-order valence-corrected chi connectivity index (χ1v) is 9.38. The molecule has 3 aromatic rings. The maximum Gasteiger partial charge on any atom is 0.326 e. The second-order valence-corrected chi connectivity index (χ2v) is 6.70. The number of fused-ring (bicyclic) bond motifs is 1. The summed E-state index contributed by atoms with van der Waals surface area (Å²) < 4.78 is 5.43. The van der Waals surface area contributed by atoms with Crippen molar-refractivity contribution in [3.63, 3.8) is 0 Å². The normalized spacial score (nSPS) is 13.9. The van der Waals surface area contributed by atoms with Gasteiger partial charge < -0.3 is 15.0 Å². The molecule has 0 saturated carbocycles. The van der Waals surface area contributed by atoms with Gasteiger partial charge in [-0.15, -0.1) is 0 Å². The van der Waals surface area contributed by atoms with E-state index in [1.54, 1.807) is 24.3 Å². The van der Waals surface area contributed by atoms with Gasteiger partial charge in [0.15, 0.2) is 5.78 Å². The number of ketones is 1. The molecule has 1 aliphatic rings. The van der Waals surface area contributed by atoms with E-state index in [9.17, 15) is 9.59 Å². The van der Waals surface area contributed by atoms with Crippen LogP contribution in [-0.2, 0) is 4.74 Å². The van der Waals surface area contributed by atoms with Crippen LogP contribution in [0.1, 0.15) is 17.3 Å². The highest BCUT2D eigenvalue weighted by molar-refractivity contribution is 6.00. The second-order valence-electron chi connectivity index (χ2n) is 6.70. The van der Waals surface area contributed by atoms with Gasteiger partial charge in [0.2, 0.25) is 5.95 Å². The fourth-order valence-electron chi connectivity index (χ4n) is 3.18. The van der Waals surface area contributed by atoms with Gasteiger partial charge in [-0.25, -0.2) is 9.78 Å². The Morgan fingerprint density at radius 3 is 2.41 bits per heavy atom. The number of aromatic nitrogens is 2. The molecule has 0 atom stereocenters. The molecular weight excluding hydrogens is 370 g/mol. The topological polar surface area (TPSA) is 96.5 Å². The summed E-state index contributed by atoms with van der Waals surface area (Å²) in [6.45, 7) is 4.23. The first-order valence-electron chi connectivity index (χ1n) is 9.38. The molecule has 2 aromatic carbocycles. The molecule has 29 heavy (non-hydrogen) atoms. The van der Waals surface area contributed by atoms with Crippen LogP contribution in [0.15, 0.2) is 48.5 Å². The minimum absolute atomic E-state index is 0.0267. The van der Waals surface area contributed by atoms with Crippen LogP contribution in [0.3, 0.4) is 0 Å². The van der Waals surface area contributed by atoms with E-state index in [0.717, 1.165) is 29.8 Å². The molecule has 1 aliphatic heterocycles. The first kappa shape index (κ1) is 18.8. The summed E-state index contributed by atoms with van der Waals surface area (Å²) in [6, 6.07) is 13.9. The van der Waals surface area contributed by atoms with Crippen molar-refractivity contribution >= 4 is 40.2 Å². The lowest BCUT2D eigenvalue weighted by Crippen LogP contribution is -2.37. The number of carbonyl (C=O) groups excluding carboxylic acids is 2. The number of anilines is 3. The highest BCUT2D eigenvalue weighted by Crippen LogP contribution is 2.26. The Labute approximate surface area is 167 Å². The van der Waals surface area contributed by atoms with E-state index in [-0.39, 0.29) is 11.7 Å². The predicted molar refractivity (Wildman–Crippen MR) is 112 cm³/mol. The number of nitrogens with one attached hydrogen (secondary N) is 2. The van der Waals surface area contributed by atoms with Crippen LogP contribution < -0.4 is 15.5 Å². The third kappa shape index (κ3) is 4.33. The molecule has 2 heterocycles. The van der Waals surface area contributed by atoms with Crippen molar-refractivity contribution in [3.05, 3.63) is 54.1 Å². The molecule has 0 bridgehead atoms. The molecule has 8 heteroatoms. The van der Waals surface area contributed by atoms with Crippen LogP contribution in [0.4, 0.5) is 22.2 Å². The fourth-order valence-corrected chi connectivity index (χ4v) is 3.18. The lowest BCUT2D eigenvalue weighted by molar-refractivity contribution is 0.101. The van der Waals surface area contributed by atoms with Crippen molar-refractivity contribution in [2.24, 2.45) is 0 Å². The van der Waals surface area contributed by atoms with E-state index in [0.29, 0.717) is 24.5 Å². The van der Waals surface area contributed by atoms with Crippen molar-refractivity contribution in [3.8, 4) is 0 Å². The second kappa shape index (κ2) is 8.24. The number of urea groups is 1. The summed E-state index contributed by atoms with van der Waals surface area (Å²) >= 11 is 0. The Bertz CT molecular complexity index is 1050. The van der Waals surface area contributed by atoms with Crippen molar-refractivity contribution in [2.45, 2.75) is 6.92 Å². The van der Waals surface area contributed by atoms with Gasteiger partial charge in [0.1, 0.15) is 5.82 Å². The van der Waals surface area contributed by atoms with E-state index in [2.05, 4.69) is 25.5 Å². The molecule has 0 radical (unpaired) electrons. The highest BCUT2D eigenvalue weighted by Gasteiger charge is 2.18. The first-order chi connectivity index (χ1) is 14.1. The van der Waals surface area contributed by atoms with Gasteiger partial charge in [-0.2, -0.15) is 4.98 Å². The SMILES string of the molecule is CC(=O)c1ccc(NC(=O)Nc2nc(N3CCOCC3)c3ccccc3n2)cc1. The standard InChI is InChI=1S/C21H21N5O3/c1-14(27)15-6-8-16(9-7-15)22-21(28)25-20-23-18-5-3-2-4-17(18)19(24-20)26-10-12-29-13-11-26/h2-9H,10-13H2,1H3,(H2,22,23,24,25,28). The summed E-state index contributed by atoms with van der Waals surface area (Å²) in [5.41, 5.74) is 1.91. The lowest BCUT2D eigenvalue weighted by atomic mass is 10.1. The van der Waals surface area contributed by atoms with E-state index >= 15 is 0 Å². The molecule has 0 aliphatic carbocycles. The van der Waals surface area contributed by atoms with Crippen molar-refractivity contribution < 1.29 is 14.3 Å². The van der Waals surface area contributed by atoms with Gasteiger partial charge in [-0.1, -0.05) is 12.1 Å². The van der Waals surface area contributed by atoms with Crippen LogP contribution in [0.25, 0.3) is 10.9 Å². The Morgan fingerprint density at radius 1 is 0.966 bits per heavy atom. The molecule has 1 saturated heterocycles. The molecule has 2 amide bonds. The van der Waals surface area contributed by atoms with E-state index in [4.69, 9.17) is 4.74 Å². The number of ether oxygens (including phenoxy) is 1. The number of hydrogen-bond acceptors (Lipinski definition) is 6. The van der Waals surface area contributed by atoms with Crippen LogP contribution >= 0.6 is 0 Å². The number of Topliss-reactive ketones (excluding diaryl/α,β-unsaturated/α-hetero) is 1. The summed E-state index contributed by atoms with van der Waals surface area (Å²) in [7, 11) is 0. The maximum absolute atomic E-state index is 12.4. The molecule has 148 valence electrons. The largest absolute Gasteiger partial charge is 0.378 e. The molecule has 0 unspecified atom stereocenters. The Kier molecular flexibility index (Phi) is 5.35. The average molecular weight is 391 g/mol. The van der Waals surface area contributed by atoms with E-state index < -0.39 is 6.03 Å². The summed E-state index contributed by atoms with van der Waals surface area (Å²) in [5.74, 6) is 0.976. The van der Waals surface area contributed by atoms with Gasteiger partial charge in [0, 0.05) is 29.7 Å². The van der Waals surface area contributed by atoms with Crippen molar-refractivity contribution in [2.75, 3.05) is 41.8 Å². The average Bonchev–Trinajstić information content (AvgIpc) is 2.74. The number of morpholine rings is 1. The van der Waals surface area contributed by atoms with Crippen LogP contribution in [0.5, 0.6) is 0 Å². The zero-order valence-corrected chi connectivity index (χ0v) is 16.0. The monoisotopic (exact) mass is 391 g/mol. The lowest BCUT2D eigenvalue weighted by Gasteiger charge is -2.28. The number of amides is 2. The molecule has 2 N–H and O–H groups in total. The van der Waals surface area contributed by atoms with Crippen molar-refractivity contribution in [1.29, 1.82) is 0 Å². The molecule has 8 nitrogen and oxygen atoms in total. The zero-order valence-electron chi connectivity index (χ0n) is 16.0. The minimum Gasteiger partial charge on any atom is -0.378 e. The third-order valence-corrected chi connectivity index (χ3v) is 4.67. The summed E-state index contributed by atoms with van der Waals surface area (Å²) in [4.78, 5) is 35.0. The minimum atomic E-state index is -0.455. The quantitative estimate of drug-likeness (QED) is 0.663. The van der Waals surface area contributed by atoms with Gasteiger partial charge >= 0.3 is 6.03 Å². The summed E-state index contributed by atoms with van der Waals surface area (Å²) in [6.07, 6.45) is 0. The molecule has 0 spiro atoms. The number of para-hydroxylation sites is 1. The molecule has 1 fully saturated rings. The van der Waals surface area contributed by atoms with E-state index in [1.165, 1.54) is 6.92 Å². The number of carbonyl (C=O) groups is 2. The molecular formula is C21H21N5O3. The maximum atomic E-state index is 12.4. The van der Waals surface area contributed by atoms with Gasteiger partial charge in [-0.05, 0) is 43.3 Å². The zero-order chi connectivity index (χ0) is 20.2. The molecule has 1 aromatic heterocycles. The Hall–Kier alpha value is -3.52. The smallest absolute Gasteiger partial charge is 0.326 e. The van der Waals surface area contributed by atoms with E-state index in [1.807, 2.05) is 24.3 Å². The number of hydrogen-bond donors (Lipinski definition) is 2. The van der Waals surface area contributed by atoms with Crippen LogP contribution in [0.2, 0.25) is 0 Å². The van der Waals surface area contributed by atoms with Gasteiger partial charge in [0.05, 0.1) is 18.7 Å². The van der Waals surface area contributed by atoms with Crippen LogP contribution in [-0.4, -0.2) is 48.1 Å². The third-order valence-electron chi connectivity index (χ3n) is 4.67. The van der Waals surface area contributed by atoms with Crippen LogP contribution in [0, 0.1) is 0 Å². The van der Waals surface area contributed by atoms with Crippen molar-refractivity contribution in [1.82, 2.24) is 9.97 Å². The summed E-state index contributed by atoms with van der Waals surface area (Å²) in [5, 5.41) is 6.36. The Morgan fingerprint density at radius 2 is 1.69 bits per heavy atom.